The van der Waals surface area contributed by atoms with Gasteiger partial charge in [-0.1, -0.05) is 60.7 Å². The lowest BCUT2D eigenvalue weighted by molar-refractivity contribution is -0.159. The second-order valence-corrected chi connectivity index (χ2v) is 7.12. The summed E-state index contributed by atoms with van der Waals surface area (Å²) < 4.78 is 5.30. The number of esters is 1. The molecule has 2 aromatic carbocycles. The van der Waals surface area contributed by atoms with Gasteiger partial charge in [-0.05, 0) is 60.1 Å². The van der Waals surface area contributed by atoms with Crippen LogP contribution in [0.2, 0.25) is 0 Å². The summed E-state index contributed by atoms with van der Waals surface area (Å²) in [5.74, 6) is -0.546. The smallest absolute Gasteiger partial charge is 0.320 e. The third-order valence-corrected chi connectivity index (χ3v) is 5.65. The lowest BCUT2D eigenvalue weighted by Crippen LogP contribution is -2.41. The summed E-state index contributed by atoms with van der Waals surface area (Å²) in [6, 6.07) is 18.5. The number of ether oxygens (including phenoxy) is 1. The number of Topliss-reactive ketones (excluding diaryl/α,β-unsaturated/α-hetero) is 1. The van der Waals surface area contributed by atoms with Crippen LogP contribution in [0.25, 0.3) is 11.1 Å². The molecule has 0 bridgehead atoms. The van der Waals surface area contributed by atoms with E-state index in [1.54, 1.807) is 6.92 Å². The van der Waals surface area contributed by atoms with Gasteiger partial charge in [0.15, 0.2) is 0 Å². The topological polar surface area (TPSA) is 43.4 Å². The molecule has 2 aliphatic carbocycles. The van der Waals surface area contributed by atoms with E-state index in [0.29, 0.717) is 12.8 Å². The minimum Gasteiger partial charge on any atom is -0.465 e. The average Bonchev–Trinajstić information content (AvgIpc) is 3.02. The van der Waals surface area contributed by atoms with Crippen LogP contribution in [-0.4, -0.2) is 18.4 Å². The summed E-state index contributed by atoms with van der Waals surface area (Å²) >= 11 is 0. The van der Waals surface area contributed by atoms with Crippen LogP contribution in [0.4, 0.5) is 0 Å². The molecule has 0 saturated heterocycles. The van der Waals surface area contributed by atoms with Gasteiger partial charge in [0, 0.05) is 0 Å². The Kier molecular flexibility index (Phi) is 4.31. The maximum Gasteiger partial charge on any atom is 0.320 e. The Morgan fingerprint density at radius 1 is 1.00 bits per heavy atom. The van der Waals surface area contributed by atoms with Crippen LogP contribution in [0.5, 0.6) is 0 Å². The summed E-state index contributed by atoms with van der Waals surface area (Å²) in [5, 5.41) is 0. The first-order valence-electron chi connectivity index (χ1n) is 9.35. The summed E-state index contributed by atoms with van der Waals surface area (Å²) in [4.78, 5) is 25.4. The lowest BCUT2D eigenvalue weighted by Gasteiger charge is -2.32. The van der Waals surface area contributed by atoms with Gasteiger partial charge in [0.1, 0.15) is 11.2 Å². The molecule has 0 heterocycles. The molecule has 0 aromatic heterocycles. The van der Waals surface area contributed by atoms with Crippen LogP contribution in [0.15, 0.2) is 66.2 Å². The third-order valence-electron chi connectivity index (χ3n) is 5.65. The Morgan fingerprint density at radius 3 is 2.33 bits per heavy atom. The van der Waals surface area contributed by atoms with Crippen LogP contribution in [0.3, 0.4) is 0 Å². The molecule has 2 aromatic rings. The van der Waals surface area contributed by atoms with Crippen molar-refractivity contribution in [3.63, 3.8) is 0 Å². The highest BCUT2D eigenvalue weighted by atomic mass is 16.5. The predicted molar refractivity (Wildman–Crippen MR) is 106 cm³/mol. The minimum absolute atomic E-state index is 0.132. The summed E-state index contributed by atoms with van der Waals surface area (Å²) in [5.41, 5.74) is 5.64. The minimum atomic E-state index is -1.13. The number of rotatable bonds is 4. The quantitative estimate of drug-likeness (QED) is 0.581. The first-order valence-corrected chi connectivity index (χ1v) is 9.35. The lowest BCUT2D eigenvalue weighted by atomic mass is 9.69. The highest BCUT2D eigenvalue weighted by Crippen LogP contribution is 2.53. The van der Waals surface area contributed by atoms with Gasteiger partial charge in [-0.25, -0.2) is 0 Å². The van der Waals surface area contributed by atoms with E-state index in [9.17, 15) is 9.59 Å². The van der Waals surface area contributed by atoms with Crippen molar-refractivity contribution in [3.05, 3.63) is 82.9 Å². The fraction of sp³-hybridized carbons (Fsp3) is 0.250. The van der Waals surface area contributed by atoms with E-state index in [0.717, 1.165) is 27.8 Å². The number of hydrogen-bond acceptors (Lipinski definition) is 3. The van der Waals surface area contributed by atoms with E-state index in [1.807, 2.05) is 36.4 Å². The molecular weight excluding hydrogens is 336 g/mol. The Hall–Kier alpha value is -2.94. The second-order valence-electron chi connectivity index (χ2n) is 7.12. The molecule has 0 spiro atoms. The number of fused-ring (bicyclic) bond motifs is 3. The maximum absolute atomic E-state index is 12.8. The zero-order valence-corrected chi connectivity index (χ0v) is 15.6. The van der Waals surface area contributed by atoms with Gasteiger partial charge < -0.3 is 4.74 Å². The zero-order chi connectivity index (χ0) is 19.0. The summed E-state index contributed by atoms with van der Waals surface area (Å²) in [6.07, 6.45) is 2.81. The molecule has 0 radical (unpaired) electrons. The Morgan fingerprint density at radius 2 is 1.67 bits per heavy atom. The third kappa shape index (κ3) is 2.66. The molecule has 2 aliphatic rings. The fourth-order valence-electron chi connectivity index (χ4n) is 4.23. The number of carbonyl (C=O) groups excluding carboxylic acids is 2. The molecule has 1 atom stereocenters. The predicted octanol–water partition coefficient (Wildman–Crippen LogP) is 4.82. The van der Waals surface area contributed by atoms with Crippen molar-refractivity contribution in [2.45, 2.75) is 26.7 Å². The number of allylic oxidation sites excluding steroid dienone is 3. The first kappa shape index (κ1) is 17.5. The summed E-state index contributed by atoms with van der Waals surface area (Å²) in [7, 11) is 0. The summed E-state index contributed by atoms with van der Waals surface area (Å²) in [6.45, 7) is 3.55. The van der Waals surface area contributed by atoms with Crippen LogP contribution < -0.4 is 0 Å². The van der Waals surface area contributed by atoms with Gasteiger partial charge in [0.2, 0.25) is 0 Å². The van der Waals surface area contributed by atoms with Crippen molar-refractivity contribution >= 4 is 22.9 Å². The van der Waals surface area contributed by atoms with Gasteiger partial charge in [-0.15, -0.1) is 0 Å². The molecule has 0 fully saturated rings. The molecule has 0 saturated carbocycles. The van der Waals surface area contributed by atoms with E-state index in [2.05, 4.69) is 24.3 Å². The van der Waals surface area contributed by atoms with E-state index in [4.69, 9.17) is 4.74 Å². The van der Waals surface area contributed by atoms with Gasteiger partial charge in [-0.3, -0.25) is 9.59 Å². The molecule has 27 heavy (non-hydrogen) atoms. The number of benzene rings is 2. The van der Waals surface area contributed by atoms with Gasteiger partial charge >= 0.3 is 5.97 Å². The molecule has 136 valence electrons. The average molecular weight is 358 g/mol. The molecule has 0 N–H and O–H groups in total. The number of hydrogen-bond donors (Lipinski definition) is 0. The van der Waals surface area contributed by atoms with E-state index in [1.165, 1.54) is 12.5 Å². The number of ketones is 1. The Labute approximate surface area is 159 Å². The van der Waals surface area contributed by atoms with Gasteiger partial charge in [0.25, 0.3) is 0 Å². The SMILES string of the molecule is CCOC(=O)C1(C(C)=O)CC=C2C(=C(c3ccccc3)c3ccccc32)C1. The van der Waals surface area contributed by atoms with Gasteiger partial charge in [0.05, 0.1) is 6.61 Å². The number of carbonyl (C=O) groups is 2. The van der Waals surface area contributed by atoms with E-state index < -0.39 is 11.4 Å². The fourth-order valence-corrected chi connectivity index (χ4v) is 4.23. The second kappa shape index (κ2) is 6.66. The molecule has 0 amide bonds. The van der Waals surface area contributed by atoms with E-state index >= 15 is 0 Å². The Balaban J connectivity index is 1.93. The van der Waals surface area contributed by atoms with Crippen molar-refractivity contribution in [2.75, 3.05) is 6.61 Å². The van der Waals surface area contributed by atoms with E-state index in [-0.39, 0.29) is 12.4 Å². The Bertz CT molecular complexity index is 982. The maximum atomic E-state index is 12.8. The van der Waals surface area contributed by atoms with Crippen molar-refractivity contribution in [2.24, 2.45) is 5.41 Å². The molecule has 4 rings (SSSR count). The van der Waals surface area contributed by atoms with Crippen LogP contribution in [0, 0.1) is 5.41 Å². The zero-order valence-electron chi connectivity index (χ0n) is 15.6. The highest BCUT2D eigenvalue weighted by Gasteiger charge is 2.48. The largest absolute Gasteiger partial charge is 0.465 e. The van der Waals surface area contributed by atoms with Crippen LogP contribution in [0.1, 0.15) is 43.4 Å². The highest BCUT2D eigenvalue weighted by molar-refractivity contribution is 6.10. The normalized spacial score (nSPS) is 20.6. The van der Waals surface area contributed by atoms with Crippen LogP contribution in [-0.2, 0) is 14.3 Å². The van der Waals surface area contributed by atoms with Gasteiger partial charge in [-0.2, -0.15) is 0 Å². The first-order chi connectivity index (χ1) is 13.1. The van der Waals surface area contributed by atoms with Crippen LogP contribution >= 0.6 is 0 Å². The van der Waals surface area contributed by atoms with Crippen molar-refractivity contribution < 1.29 is 14.3 Å². The molecular formula is C24H22O3. The molecule has 0 aliphatic heterocycles. The van der Waals surface area contributed by atoms with Crippen molar-refractivity contribution in [3.8, 4) is 0 Å². The standard InChI is InChI=1S/C24H22O3/c1-3-27-23(26)24(16(2)25)14-13-19-18-11-7-8-12-20(18)22(21(19)15-24)17-9-5-4-6-10-17/h4-13H,3,14-15H2,1-2H3. The van der Waals surface area contributed by atoms with Crippen molar-refractivity contribution in [1.29, 1.82) is 0 Å². The molecule has 3 nitrogen and oxygen atoms in total. The van der Waals surface area contributed by atoms with Crippen molar-refractivity contribution in [1.82, 2.24) is 0 Å². The monoisotopic (exact) mass is 358 g/mol. The molecule has 1 unspecified atom stereocenters. The molecule has 3 heteroatoms.